The van der Waals surface area contributed by atoms with E-state index in [1.165, 1.54) is 0 Å². The first-order valence-electron chi connectivity index (χ1n) is 5.05. The highest BCUT2D eigenvalue weighted by Crippen LogP contribution is 2.31. The molecule has 0 N–H and O–H groups in total. The van der Waals surface area contributed by atoms with Gasteiger partial charge in [0.25, 0.3) is 0 Å². The zero-order valence-electron chi connectivity index (χ0n) is 8.06. The summed E-state index contributed by atoms with van der Waals surface area (Å²) in [6.07, 6.45) is 2.16. The van der Waals surface area contributed by atoms with Gasteiger partial charge in [-0.05, 0) is 37.5 Å². The molecule has 2 fully saturated rings. The molecule has 0 bridgehead atoms. The summed E-state index contributed by atoms with van der Waals surface area (Å²) >= 11 is 6.57. The van der Waals surface area contributed by atoms with Crippen molar-refractivity contribution in [3.05, 3.63) is 0 Å². The van der Waals surface area contributed by atoms with Gasteiger partial charge in [0.2, 0.25) is 0 Å². The summed E-state index contributed by atoms with van der Waals surface area (Å²) in [6.45, 7) is 0. The summed E-state index contributed by atoms with van der Waals surface area (Å²) in [5.74, 6) is 1.27. The van der Waals surface area contributed by atoms with E-state index in [2.05, 4.69) is 31.9 Å². The molecule has 0 saturated heterocycles. The number of halogens is 4. The Kier molecular flexibility index (Phi) is 5.90. The molecule has 4 heteroatoms. The first kappa shape index (κ1) is 12.9. The Bertz CT molecular complexity index is 136. The van der Waals surface area contributed by atoms with Crippen LogP contribution >= 0.6 is 31.9 Å². The minimum Gasteiger partial charge on any atom is -0.247 e. The molecule has 84 valence electrons. The fraction of sp³-hybridized carbons (Fsp3) is 1.00. The van der Waals surface area contributed by atoms with Crippen LogP contribution in [0.2, 0.25) is 0 Å². The van der Waals surface area contributed by atoms with Crippen molar-refractivity contribution in [2.75, 3.05) is 10.7 Å². The van der Waals surface area contributed by atoms with Gasteiger partial charge in [0, 0.05) is 10.7 Å². The Balaban J connectivity index is 0.000000140. The van der Waals surface area contributed by atoms with Crippen molar-refractivity contribution in [1.82, 2.24) is 0 Å². The highest BCUT2D eigenvalue weighted by Gasteiger charge is 2.27. The van der Waals surface area contributed by atoms with Crippen molar-refractivity contribution in [3.8, 4) is 0 Å². The molecule has 0 aliphatic heterocycles. The lowest BCUT2D eigenvalue weighted by Gasteiger charge is -2.27. The van der Waals surface area contributed by atoms with Crippen molar-refractivity contribution < 1.29 is 8.78 Å². The van der Waals surface area contributed by atoms with Crippen LogP contribution in [0.5, 0.6) is 0 Å². The molecule has 0 spiro atoms. The van der Waals surface area contributed by atoms with Crippen LogP contribution in [0, 0.1) is 11.8 Å². The average molecular weight is 334 g/mol. The van der Waals surface area contributed by atoms with Crippen LogP contribution in [0.4, 0.5) is 8.78 Å². The van der Waals surface area contributed by atoms with Gasteiger partial charge in [0.1, 0.15) is 12.3 Å². The summed E-state index contributed by atoms with van der Waals surface area (Å²) in [5.41, 5.74) is 0. The second kappa shape index (κ2) is 6.41. The van der Waals surface area contributed by atoms with Crippen molar-refractivity contribution in [3.63, 3.8) is 0 Å². The molecule has 0 aromatic carbocycles. The maximum Gasteiger partial charge on any atom is 0.101 e. The zero-order chi connectivity index (χ0) is 10.6. The standard InChI is InChI=1S/2C5H8BrF/c2*6-3-4-1-5(7)2-4/h2*4-5H,1-3H2. The summed E-state index contributed by atoms with van der Waals surface area (Å²) in [6, 6.07) is 0. The molecule has 0 amide bonds. The number of alkyl halides is 4. The monoisotopic (exact) mass is 332 g/mol. The van der Waals surface area contributed by atoms with E-state index in [1.807, 2.05) is 0 Å². The summed E-state index contributed by atoms with van der Waals surface area (Å²) in [4.78, 5) is 0. The fourth-order valence-electron chi connectivity index (χ4n) is 1.56. The molecule has 2 saturated carbocycles. The highest BCUT2D eigenvalue weighted by molar-refractivity contribution is 9.09. The third-order valence-corrected chi connectivity index (χ3v) is 4.62. The molecule has 2 rings (SSSR count). The molecule has 0 atom stereocenters. The Hall–Kier alpha value is 0.820. The van der Waals surface area contributed by atoms with Gasteiger partial charge in [0.15, 0.2) is 0 Å². The Morgan fingerprint density at radius 3 is 1.14 bits per heavy atom. The molecular formula is C10H16Br2F2. The van der Waals surface area contributed by atoms with Crippen molar-refractivity contribution >= 4 is 31.9 Å². The zero-order valence-corrected chi connectivity index (χ0v) is 11.2. The molecule has 0 heterocycles. The first-order chi connectivity index (χ1) is 6.65. The van der Waals surface area contributed by atoms with Crippen LogP contribution in [-0.2, 0) is 0 Å². The van der Waals surface area contributed by atoms with E-state index in [0.29, 0.717) is 11.8 Å². The van der Waals surface area contributed by atoms with Gasteiger partial charge in [-0.25, -0.2) is 8.78 Å². The topological polar surface area (TPSA) is 0 Å². The van der Waals surface area contributed by atoms with Gasteiger partial charge >= 0.3 is 0 Å². The van der Waals surface area contributed by atoms with Crippen LogP contribution in [-0.4, -0.2) is 23.0 Å². The third-order valence-electron chi connectivity index (χ3n) is 2.79. The van der Waals surface area contributed by atoms with Crippen LogP contribution in [0.3, 0.4) is 0 Å². The van der Waals surface area contributed by atoms with E-state index in [9.17, 15) is 8.78 Å². The van der Waals surface area contributed by atoms with Crippen LogP contribution in [0.15, 0.2) is 0 Å². The molecule has 14 heavy (non-hydrogen) atoms. The smallest absolute Gasteiger partial charge is 0.101 e. The number of hydrogen-bond donors (Lipinski definition) is 0. The first-order valence-corrected chi connectivity index (χ1v) is 7.30. The van der Waals surface area contributed by atoms with E-state index >= 15 is 0 Å². The van der Waals surface area contributed by atoms with Gasteiger partial charge in [-0.15, -0.1) is 0 Å². The molecule has 2 aliphatic rings. The van der Waals surface area contributed by atoms with Crippen LogP contribution < -0.4 is 0 Å². The van der Waals surface area contributed by atoms with Crippen molar-refractivity contribution in [2.45, 2.75) is 38.0 Å². The Labute approximate surface area is 101 Å². The van der Waals surface area contributed by atoms with E-state index in [-0.39, 0.29) is 0 Å². The number of hydrogen-bond acceptors (Lipinski definition) is 0. The molecule has 0 aromatic heterocycles. The summed E-state index contributed by atoms with van der Waals surface area (Å²) < 4.78 is 23.9. The summed E-state index contributed by atoms with van der Waals surface area (Å²) in [5, 5.41) is 1.96. The minimum absolute atomic E-state index is 0.484. The molecule has 0 aromatic rings. The molecule has 0 nitrogen and oxygen atoms in total. The second-order valence-electron chi connectivity index (χ2n) is 4.18. The molecule has 2 aliphatic carbocycles. The highest BCUT2D eigenvalue weighted by atomic mass is 79.9. The van der Waals surface area contributed by atoms with Gasteiger partial charge in [-0.3, -0.25) is 0 Å². The third kappa shape index (κ3) is 4.13. The largest absolute Gasteiger partial charge is 0.247 e. The second-order valence-corrected chi connectivity index (χ2v) is 5.47. The lowest BCUT2D eigenvalue weighted by molar-refractivity contribution is 0.148. The van der Waals surface area contributed by atoms with Crippen LogP contribution in [0.1, 0.15) is 25.7 Å². The lowest BCUT2D eigenvalue weighted by Crippen LogP contribution is -2.25. The van der Waals surface area contributed by atoms with E-state index < -0.39 is 12.3 Å². The van der Waals surface area contributed by atoms with E-state index in [1.54, 1.807) is 0 Å². The van der Waals surface area contributed by atoms with Gasteiger partial charge in [0.05, 0.1) is 0 Å². The minimum atomic E-state index is -0.484. The Morgan fingerprint density at radius 1 is 0.786 bits per heavy atom. The van der Waals surface area contributed by atoms with Gasteiger partial charge in [-0.2, -0.15) is 0 Å². The SMILES string of the molecule is FC1CC(CBr)C1.FC1CC(CBr)C1. The van der Waals surface area contributed by atoms with Crippen molar-refractivity contribution in [1.29, 1.82) is 0 Å². The maximum absolute atomic E-state index is 11.9. The molecule has 0 unspecified atom stereocenters. The number of rotatable bonds is 2. The summed E-state index contributed by atoms with van der Waals surface area (Å²) in [7, 11) is 0. The maximum atomic E-state index is 11.9. The molecular weight excluding hydrogens is 318 g/mol. The molecule has 0 radical (unpaired) electrons. The van der Waals surface area contributed by atoms with Crippen LogP contribution in [0.25, 0.3) is 0 Å². The van der Waals surface area contributed by atoms with E-state index in [4.69, 9.17) is 0 Å². The van der Waals surface area contributed by atoms with Gasteiger partial charge in [-0.1, -0.05) is 31.9 Å². The average Bonchev–Trinajstić information content (AvgIpc) is 2.08. The predicted octanol–water partition coefficient (Wildman–Crippen LogP) is 4.26. The quantitative estimate of drug-likeness (QED) is 0.662. The van der Waals surface area contributed by atoms with Crippen molar-refractivity contribution in [2.24, 2.45) is 11.8 Å². The van der Waals surface area contributed by atoms with E-state index in [0.717, 1.165) is 36.3 Å². The Morgan fingerprint density at radius 2 is 1.07 bits per heavy atom. The van der Waals surface area contributed by atoms with Gasteiger partial charge < -0.3 is 0 Å². The predicted molar refractivity (Wildman–Crippen MR) is 62.8 cm³/mol. The fourth-order valence-corrected chi connectivity index (χ4v) is 2.62. The normalized spacial score (nSPS) is 40.3. The lowest BCUT2D eigenvalue weighted by atomic mass is 9.85.